The number of hydrogen-bond acceptors (Lipinski definition) is 3. The SMILES string of the molecule is COc1c(Cl)cccc1NC(=O)NC1CCCCC1CO. The fraction of sp³-hybridized carbons (Fsp3) is 0.533. The number of rotatable bonds is 4. The lowest BCUT2D eigenvalue weighted by molar-refractivity contribution is 0.156. The van der Waals surface area contributed by atoms with Crippen molar-refractivity contribution in [3.63, 3.8) is 0 Å². The van der Waals surface area contributed by atoms with Gasteiger partial charge >= 0.3 is 6.03 Å². The molecule has 1 aliphatic carbocycles. The standard InChI is InChI=1S/C15H21ClN2O3/c1-21-14-11(16)6-4-8-13(14)18-15(20)17-12-7-3-2-5-10(12)9-19/h4,6,8,10,12,19H,2-3,5,7,9H2,1H3,(H2,17,18,20). The van der Waals surface area contributed by atoms with E-state index >= 15 is 0 Å². The van der Waals surface area contributed by atoms with Gasteiger partial charge in [0, 0.05) is 18.6 Å². The Kier molecular flexibility index (Phi) is 5.70. The molecule has 1 aliphatic rings. The van der Waals surface area contributed by atoms with Gasteiger partial charge in [0.15, 0.2) is 5.75 Å². The van der Waals surface area contributed by atoms with Gasteiger partial charge in [0.25, 0.3) is 0 Å². The Morgan fingerprint density at radius 1 is 1.43 bits per heavy atom. The molecular weight excluding hydrogens is 292 g/mol. The van der Waals surface area contributed by atoms with E-state index in [1.165, 1.54) is 7.11 Å². The van der Waals surface area contributed by atoms with E-state index < -0.39 is 0 Å². The number of anilines is 1. The molecule has 2 rings (SSSR count). The summed E-state index contributed by atoms with van der Waals surface area (Å²) in [7, 11) is 1.51. The van der Waals surface area contributed by atoms with Gasteiger partial charge in [-0.05, 0) is 25.0 Å². The molecule has 0 spiro atoms. The molecule has 0 bridgehead atoms. The Morgan fingerprint density at radius 2 is 2.19 bits per heavy atom. The van der Waals surface area contributed by atoms with Crippen LogP contribution in [0.2, 0.25) is 5.02 Å². The molecule has 1 saturated carbocycles. The summed E-state index contributed by atoms with van der Waals surface area (Å²) in [6, 6.07) is 4.88. The average molecular weight is 313 g/mol. The van der Waals surface area contributed by atoms with Crippen molar-refractivity contribution < 1.29 is 14.6 Å². The van der Waals surface area contributed by atoms with Crippen LogP contribution in [0.5, 0.6) is 5.75 Å². The minimum absolute atomic E-state index is 0.00827. The maximum absolute atomic E-state index is 12.1. The molecule has 5 nitrogen and oxygen atoms in total. The van der Waals surface area contributed by atoms with Crippen molar-refractivity contribution in [2.75, 3.05) is 19.0 Å². The zero-order chi connectivity index (χ0) is 15.2. The number of ether oxygens (including phenoxy) is 1. The third kappa shape index (κ3) is 4.02. The van der Waals surface area contributed by atoms with Gasteiger partial charge in [0.05, 0.1) is 17.8 Å². The molecule has 1 fully saturated rings. The second-order valence-electron chi connectivity index (χ2n) is 5.25. The van der Waals surface area contributed by atoms with Gasteiger partial charge in [-0.1, -0.05) is 30.5 Å². The summed E-state index contributed by atoms with van der Waals surface area (Å²) >= 11 is 6.02. The number of methoxy groups -OCH3 is 1. The molecule has 0 heterocycles. The van der Waals surface area contributed by atoms with E-state index in [0.29, 0.717) is 16.5 Å². The highest BCUT2D eigenvalue weighted by molar-refractivity contribution is 6.32. The molecule has 0 radical (unpaired) electrons. The number of amides is 2. The molecule has 2 atom stereocenters. The number of aliphatic hydroxyl groups is 1. The highest BCUT2D eigenvalue weighted by atomic mass is 35.5. The lowest BCUT2D eigenvalue weighted by atomic mass is 9.85. The molecule has 0 saturated heterocycles. The third-order valence-corrected chi connectivity index (χ3v) is 4.18. The van der Waals surface area contributed by atoms with Gasteiger partial charge in [-0.2, -0.15) is 0 Å². The van der Waals surface area contributed by atoms with Gasteiger partial charge in [0.1, 0.15) is 0 Å². The molecule has 2 amide bonds. The molecule has 21 heavy (non-hydrogen) atoms. The van der Waals surface area contributed by atoms with Gasteiger partial charge in [-0.3, -0.25) is 0 Å². The largest absolute Gasteiger partial charge is 0.493 e. The Labute approximate surface area is 129 Å². The van der Waals surface area contributed by atoms with E-state index in [-0.39, 0.29) is 24.6 Å². The zero-order valence-corrected chi connectivity index (χ0v) is 12.8. The first-order valence-corrected chi connectivity index (χ1v) is 7.54. The highest BCUT2D eigenvalue weighted by Gasteiger charge is 2.26. The van der Waals surface area contributed by atoms with E-state index in [2.05, 4.69) is 10.6 Å². The number of urea groups is 1. The monoisotopic (exact) mass is 312 g/mol. The minimum Gasteiger partial charge on any atom is -0.493 e. The summed E-state index contributed by atoms with van der Waals surface area (Å²) in [5.74, 6) is 0.572. The van der Waals surface area contributed by atoms with E-state index in [4.69, 9.17) is 16.3 Å². The van der Waals surface area contributed by atoms with E-state index in [0.717, 1.165) is 25.7 Å². The van der Waals surface area contributed by atoms with Crippen LogP contribution in [0, 0.1) is 5.92 Å². The maximum atomic E-state index is 12.1. The van der Waals surface area contributed by atoms with E-state index in [1.807, 2.05) is 0 Å². The molecular formula is C15H21ClN2O3. The maximum Gasteiger partial charge on any atom is 0.319 e. The lowest BCUT2D eigenvalue weighted by Gasteiger charge is -2.30. The topological polar surface area (TPSA) is 70.6 Å². The first-order chi connectivity index (χ1) is 10.2. The second kappa shape index (κ2) is 7.52. The summed E-state index contributed by atoms with van der Waals surface area (Å²) in [6.45, 7) is 0.103. The summed E-state index contributed by atoms with van der Waals surface area (Å²) in [4.78, 5) is 12.1. The number of para-hydroxylation sites is 1. The molecule has 3 N–H and O–H groups in total. The highest BCUT2D eigenvalue weighted by Crippen LogP contribution is 2.32. The van der Waals surface area contributed by atoms with Crippen LogP contribution in [0.1, 0.15) is 25.7 Å². The van der Waals surface area contributed by atoms with E-state index in [9.17, 15) is 9.90 Å². The normalized spacial score (nSPS) is 21.7. The molecule has 116 valence electrons. The van der Waals surface area contributed by atoms with Crippen LogP contribution < -0.4 is 15.4 Å². The molecule has 0 aliphatic heterocycles. The van der Waals surface area contributed by atoms with Crippen molar-refractivity contribution in [3.05, 3.63) is 23.2 Å². The number of hydrogen-bond donors (Lipinski definition) is 3. The third-order valence-electron chi connectivity index (χ3n) is 3.88. The van der Waals surface area contributed by atoms with Crippen LogP contribution in [0.3, 0.4) is 0 Å². The smallest absolute Gasteiger partial charge is 0.319 e. The Balaban J connectivity index is 2.00. The number of nitrogens with one attached hydrogen (secondary N) is 2. The molecule has 2 unspecified atom stereocenters. The minimum atomic E-state index is -0.305. The summed E-state index contributed by atoms with van der Waals surface area (Å²) in [5, 5.41) is 15.5. The number of aliphatic hydroxyl groups excluding tert-OH is 1. The molecule has 6 heteroatoms. The van der Waals surface area contributed by atoms with Crippen molar-refractivity contribution >= 4 is 23.3 Å². The van der Waals surface area contributed by atoms with Crippen LogP contribution in [0.25, 0.3) is 0 Å². The first kappa shape index (κ1) is 15.9. The zero-order valence-electron chi connectivity index (χ0n) is 12.1. The first-order valence-electron chi connectivity index (χ1n) is 7.16. The van der Waals surface area contributed by atoms with Crippen LogP contribution in [0.4, 0.5) is 10.5 Å². The van der Waals surface area contributed by atoms with Crippen LogP contribution in [0.15, 0.2) is 18.2 Å². The number of carbonyl (C=O) groups is 1. The van der Waals surface area contributed by atoms with Crippen molar-refractivity contribution in [1.82, 2.24) is 5.32 Å². The Hall–Kier alpha value is -1.46. The van der Waals surface area contributed by atoms with Crippen LogP contribution in [-0.4, -0.2) is 30.9 Å². The Morgan fingerprint density at radius 3 is 2.90 bits per heavy atom. The average Bonchev–Trinajstić information content (AvgIpc) is 2.48. The predicted molar refractivity (Wildman–Crippen MR) is 83.0 cm³/mol. The van der Waals surface area contributed by atoms with Crippen molar-refractivity contribution in [1.29, 1.82) is 0 Å². The number of carbonyl (C=O) groups excluding carboxylic acids is 1. The van der Waals surface area contributed by atoms with Crippen LogP contribution in [-0.2, 0) is 0 Å². The van der Waals surface area contributed by atoms with Gasteiger partial charge in [0.2, 0.25) is 0 Å². The lowest BCUT2D eigenvalue weighted by Crippen LogP contribution is -2.45. The van der Waals surface area contributed by atoms with Crippen molar-refractivity contribution in [3.8, 4) is 5.75 Å². The predicted octanol–water partition coefficient (Wildman–Crippen LogP) is 3.02. The van der Waals surface area contributed by atoms with Crippen molar-refractivity contribution in [2.45, 2.75) is 31.7 Å². The second-order valence-corrected chi connectivity index (χ2v) is 5.66. The summed E-state index contributed by atoms with van der Waals surface area (Å²) < 4.78 is 5.19. The van der Waals surface area contributed by atoms with Gasteiger partial charge in [-0.15, -0.1) is 0 Å². The molecule has 1 aromatic rings. The number of benzene rings is 1. The fourth-order valence-electron chi connectivity index (χ4n) is 2.76. The van der Waals surface area contributed by atoms with Gasteiger partial charge in [-0.25, -0.2) is 4.79 Å². The molecule has 1 aromatic carbocycles. The quantitative estimate of drug-likeness (QED) is 0.800. The molecule has 0 aromatic heterocycles. The van der Waals surface area contributed by atoms with Gasteiger partial charge < -0.3 is 20.5 Å². The fourth-order valence-corrected chi connectivity index (χ4v) is 3.01. The summed E-state index contributed by atoms with van der Waals surface area (Å²) in [5.41, 5.74) is 0.527. The Bertz CT molecular complexity index is 496. The number of halogens is 1. The van der Waals surface area contributed by atoms with E-state index in [1.54, 1.807) is 18.2 Å². The summed E-state index contributed by atoms with van der Waals surface area (Å²) in [6.07, 6.45) is 4.02. The van der Waals surface area contributed by atoms with Crippen molar-refractivity contribution in [2.24, 2.45) is 5.92 Å². The van der Waals surface area contributed by atoms with Crippen LogP contribution >= 0.6 is 11.6 Å².